The van der Waals surface area contributed by atoms with E-state index in [-0.39, 0.29) is 12.4 Å². The molecule has 0 aliphatic carbocycles. The lowest BCUT2D eigenvalue weighted by molar-refractivity contribution is 0.287. The third-order valence-corrected chi connectivity index (χ3v) is 2.76. The molecule has 15 heavy (non-hydrogen) atoms. The van der Waals surface area contributed by atoms with Crippen LogP contribution in [0.4, 0.5) is 4.39 Å². The number of rotatable bonds is 4. The first-order valence-corrected chi connectivity index (χ1v) is 5.25. The largest absolute Gasteiger partial charge is 0.502 e. The van der Waals surface area contributed by atoms with Crippen LogP contribution in [-0.4, -0.2) is 23.9 Å². The Balaban J connectivity index is 3.11. The molecular formula is C10H12BrFO3. The second-order valence-electron chi connectivity index (χ2n) is 3.03. The van der Waals surface area contributed by atoms with Gasteiger partial charge in [0.15, 0.2) is 17.3 Å². The monoisotopic (exact) mass is 278 g/mol. The van der Waals surface area contributed by atoms with Gasteiger partial charge in [-0.25, -0.2) is 4.39 Å². The highest BCUT2D eigenvalue weighted by Gasteiger charge is 2.16. The summed E-state index contributed by atoms with van der Waals surface area (Å²) in [5.41, 5.74) is 0.349. The summed E-state index contributed by atoms with van der Waals surface area (Å²) >= 11 is 3.19. The lowest BCUT2D eigenvalue weighted by Crippen LogP contribution is -1.97. The fraction of sp³-hybridized carbons (Fsp3) is 0.400. The van der Waals surface area contributed by atoms with Crippen LogP contribution in [-0.2, 0) is 6.42 Å². The van der Waals surface area contributed by atoms with E-state index in [2.05, 4.69) is 15.9 Å². The molecule has 0 amide bonds. The summed E-state index contributed by atoms with van der Waals surface area (Å²) in [4.78, 5) is 0. The van der Waals surface area contributed by atoms with Gasteiger partial charge in [0.2, 0.25) is 0 Å². The second-order valence-corrected chi connectivity index (χ2v) is 3.88. The third kappa shape index (κ3) is 2.60. The van der Waals surface area contributed by atoms with Crippen LogP contribution < -0.4 is 4.74 Å². The molecule has 0 aliphatic heterocycles. The van der Waals surface area contributed by atoms with Gasteiger partial charge < -0.3 is 14.9 Å². The lowest BCUT2D eigenvalue weighted by atomic mass is 10.1. The Morgan fingerprint density at radius 3 is 2.73 bits per heavy atom. The Morgan fingerprint density at radius 2 is 2.20 bits per heavy atom. The number of methoxy groups -OCH3 is 1. The highest BCUT2D eigenvalue weighted by Crippen LogP contribution is 2.36. The van der Waals surface area contributed by atoms with E-state index >= 15 is 0 Å². The molecule has 1 rings (SSSR count). The maximum Gasteiger partial charge on any atom is 0.194 e. The molecule has 0 saturated carbocycles. The smallest absolute Gasteiger partial charge is 0.194 e. The Kier molecular flexibility index (Phi) is 4.35. The quantitative estimate of drug-likeness (QED) is 0.888. The number of aliphatic hydroxyl groups is 1. The van der Waals surface area contributed by atoms with Gasteiger partial charge in [-0.05, 0) is 18.9 Å². The van der Waals surface area contributed by atoms with Crippen molar-refractivity contribution in [2.24, 2.45) is 0 Å². The van der Waals surface area contributed by atoms with E-state index < -0.39 is 11.6 Å². The maximum atomic E-state index is 13.6. The molecule has 1 aromatic rings. The Bertz CT molecular complexity index is 355. The van der Waals surface area contributed by atoms with E-state index in [4.69, 9.17) is 9.84 Å². The second kappa shape index (κ2) is 5.32. The molecule has 5 heteroatoms. The molecule has 3 nitrogen and oxygen atoms in total. The summed E-state index contributed by atoms with van der Waals surface area (Å²) in [5.74, 6) is -1.10. The van der Waals surface area contributed by atoms with E-state index in [0.717, 1.165) is 0 Å². The van der Waals surface area contributed by atoms with Crippen molar-refractivity contribution in [3.63, 3.8) is 0 Å². The Labute approximate surface area is 95.6 Å². The number of phenolic OH excluding ortho intramolecular Hbond substituents is 1. The standard InChI is InChI=1S/C10H12BrFO3/c1-15-8-5-7(11)6(3-2-4-13)9(12)10(8)14/h5,13-14H,2-4H2,1H3. The lowest BCUT2D eigenvalue weighted by Gasteiger charge is -2.10. The molecular weight excluding hydrogens is 267 g/mol. The SMILES string of the molecule is COc1cc(Br)c(CCCO)c(F)c1O. The molecule has 0 fully saturated rings. The predicted octanol–water partition coefficient (Wildman–Crippen LogP) is 2.23. The fourth-order valence-corrected chi connectivity index (χ4v) is 1.85. The highest BCUT2D eigenvalue weighted by molar-refractivity contribution is 9.10. The van der Waals surface area contributed by atoms with Crippen LogP contribution in [0.3, 0.4) is 0 Å². The molecule has 0 atom stereocenters. The first kappa shape index (κ1) is 12.3. The molecule has 0 saturated heterocycles. The van der Waals surface area contributed by atoms with E-state index in [1.54, 1.807) is 0 Å². The van der Waals surface area contributed by atoms with Gasteiger partial charge in [0.05, 0.1) is 7.11 Å². The van der Waals surface area contributed by atoms with E-state index in [9.17, 15) is 9.50 Å². The van der Waals surface area contributed by atoms with E-state index in [1.807, 2.05) is 0 Å². The summed E-state index contributed by atoms with van der Waals surface area (Å²) in [6.45, 7) is -0.0152. The van der Waals surface area contributed by atoms with Crippen LogP contribution >= 0.6 is 15.9 Å². The first-order valence-electron chi connectivity index (χ1n) is 4.46. The minimum Gasteiger partial charge on any atom is -0.502 e. The zero-order chi connectivity index (χ0) is 11.4. The molecule has 0 bridgehead atoms. The molecule has 0 radical (unpaired) electrons. The summed E-state index contributed by atoms with van der Waals surface area (Å²) in [6, 6.07) is 1.51. The van der Waals surface area contributed by atoms with Gasteiger partial charge >= 0.3 is 0 Å². The minimum atomic E-state index is -0.699. The number of aliphatic hydroxyl groups excluding tert-OH is 1. The van der Waals surface area contributed by atoms with Crippen molar-refractivity contribution in [3.05, 3.63) is 21.9 Å². The summed E-state index contributed by atoms with van der Waals surface area (Å²) in [6.07, 6.45) is 0.807. The topological polar surface area (TPSA) is 49.7 Å². The van der Waals surface area contributed by atoms with Gasteiger partial charge in [-0.3, -0.25) is 0 Å². The molecule has 0 unspecified atom stereocenters. The van der Waals surface area contributed by atoms with Gasteiger partial charge in [-0.2, -0.15) is 0 Å². The van der Waals surface area contributed by atoms with Gasteiger partial charge in [-0.1, -0.05) is 15.9 Å². The summed E-state index contributed by atoms with van der Waals surface area (Å²) < 4.78 is 18.9. The molecule has 0 heterocycles. The molecule has 0 aliphatic rings. The van der Waals surface area contributed by atoms with Crippen molar-refractivity contribution in [2.45, 2.75) is 12.8 Å². The number of ether oxygens (including phenoxy) is 1. The normalized spacial score (nSPS) is 10.4. The van der Waals surface area contributed by atoms with Crippen molar-refractivity contribution >= 4 is 15.9 Å². The van der Waals surface area contributed by atoms with Crippen LogP contribution in [0.5, 0.6) is 11.5 Å². The number of aromatic hydroxyl groups is 1. The molecule has 0 aromatic heterocycles. The number of phenols is 1. The van der Waals surface area contributed by atoms with Crippen LogP contribution in [0.2, 0.25) is 0 Å². The average molecular weight is 279 g/mol. The van der Waals surface area contributed by atoms with Crippen LogP contribution in [0.1, 0.15) is 12.0 Å². The summed E-state index contributed by atoms with van der Waals surface area (Å²) in [7, 11) is 1.36. The molecule has 0 spiro atoms. The van der Waals surface area contributed by atoms with E-state index in [1.165, 1.54) is 13.2 Å². The third-order valence-electron chi connectivity index (χ3n) is 2.06. The number of benzene rings is 1. The predicted molar refractivity (Wildman–Crippen MR) is 57.7 cm³/mol. The van der Waals surface area contributed by atoms with Crippen molar-refractivity contribution in [3.8, 4) is 11.5 Å². The zero-order valence-electron chi connectivity index (χ0n) is 8.26. The van der Waals surface area contributed by atoms with Gasteiger partial charge in [-0.15, -0.1) is 0 Å². The van der Waals surface area contributed by atoms with Crippen molar-refractivity contribution in [2.75, 3.05) is 13.7 Å². The first-order chi connectivity index (χ1) is 7.11. The maximum absolute atomic E-state index is 13.6. The van der Waals surface area contributed by atoms with Gasteiger partial charge in [0.1, 0.15) is 0 Å². The molecule has 1 aromatic carbocycles. The molecule has 2 N–H and O–H groups in total. The Morgan fingerprint density at radius 1 is 1.53 bits per heavy atom. The summed E-state index contributed by atoms with van der Waals surface area (Å²) in [5, 5.41) is 18.1. The van der Waals surface area contributed by atoms with Crippen LogP contribution in [0.25, 0.3) is 0 Å². The highest BCUT2D eigenvalue weighted by atomic mass is 79.9. The minimum absolute atomic E-state index is 0.0152. The average Bonchev–Trinajstić information content (AvgIpc) is 2.23. The van der Waals surface area contributed by atoms with Crippen molar-refractivity contribution in [1.29, 1.82) is 0 Å². The van der Waals surface area contributed by atoms with Crippen molar-refractivity contribution < 1.29 is 19.3 Å². The fourth-order valence-electron chi connectivity index (χ4n) is 1.27. The van der Waals surface area contributed by atoms with Gasteiger partial charge in [0.25, 0.3) is 0 Å². The van der Waals surface area contributed by atoms with Crippen LogP contribution in [0, 0.1) is 5.82 Å². The molecule has 84 valence electrons. The number of hydrogen-bond donors (Lipinski definition) is 2. The van der Waals surface area contributed by atoms with Crippen LogP contribution in [0.15, 0.2) is 10.5 Å². The van der Waals surface area contributed by atoms with E-state index in [0.29, 0.717) is 22.9 Å². The van der Waals surface area contributed by atoms with Gasteiger partial charge in [0, 0.05) is 16.6 Å². The Hall–Kier alpha value is -0.810. The number of halogens is 2. The number of hydrogen-bond acceptors (Lipinski definition) is 3. The zero-order valence-corrected chi connectivity index (χ0v) is 9.84. The van der Waals surface area contributed by atoms with Crippen molar-refractivity contribution in [1.82, 2.24) is 0 Å².